The number of methoxy groups -OCH3 is 1. The van der Waals surface area contributed by atoms with Gasteiger partial charge in [-0.1, -0.05) is 0 Å². The van der Waals surface area contributed by atoms with E-state index in [0.717, 1.165) is 23.7 Å². The van der Waals surface area contributed by atoms with Crippen LogP contribution < -0.4 is 10.1 Å². The third-order valence-electron chi connectivity index (χ3n) is 1.59. The van der Waals surface area contributed by atoms with Gasteiger partial charge in [-0.15, -0.1) is 0 Å². The van der Waals surface area contributed by atoms with Crippen LogP contribution in [-0.2, 0) is 0 Å². The third kappa shape index (κ3) is 1.87. The lowest BCUT2D eigenvalue weighted by molar-refractivity contribution is 0.414. The summed E-state index contributed by atoms with van der Waals surface area (Å²) < 4.78 is 5.13. The Labute approximate surface area is 72.8 Å². The Kier molecular flexibility index (Phi) is 2.91. The summed E-state index contributed by atoms with van der Waals surface area (Å²) in [7, 11) is 1.65. The topological polar surface area (TPSA) is 34.2 Å². The van der Waals surface area contributed by atoms with Crippen molar-refractivity contribution in [2.75, 3.05) is 19.0 Å². The summed E-state index contributed by atoms with van der Waals surface area (Å²) in [6.07, 6.45) is 1.73. The molecule has 0 bridgehead atoms. The zero-order valence-electron chi connectivity index (χ0n) is 7.72. The van der Waals surface area contributed by atoms with Crippen molar-refractivity contribution < 1.29 is 4.74 Å². The van der Waals surface area contributed by atoms with Crippen LogP contribution in [0.5, 0.6) is 5.75 Å². The van der Waals surface area contributed by atoms with E-state index in [1.807, 2.05) is 13.0 Å². The quantitative estimate of drug-likeness (QED) is 0.743. The Bertz CT molecular complexity index is 261. The molecule has 1 aromatic heterocycles. The monoisotopic (exact) mass is 166 g/mol. The molecule has 1 heterocycles. The van der Waals surface area contributed by atoms with Crippen LogP contribution in [0.3, 0.4) is 0 Å². The molecule has 3 nitrogen and oxygen atoms in total. The van der Waals surface area contributed by atoms with E-state index >= 15 is 0 Å². The first-order valence-electron chi connectivity index (χ1n) is 4.02. The molecular formula is C9H14N2O. The fraction of sp³-hybridized carbons (Fsp3) is 0.444. The Balaban J connectivity index is 2.95. The van der Waals surface area contributed by atoms with Gasteiger partial charge < -0.3 is 10.1 Å². The number of rotatable bonds is 3. The van der Waals surface area contributed by atoms with Crippen molar-refractivity contribution in [2.45, 2.75) is 13.8 Å². The SMILES string of the molecule is CCNc1cc(C)ncc1OC. The van der Waals surface area contributed by atoms with Crippen LogP contribution in [0.25, 0.3) is 0 Å². The first kappa shape index (κ1) is 8.84. The highest BCUT2D eigenvalue weighted by molar-refractivity contribution is 5.55. The number of nitrogens with zero attached hydrogens (tertiary/aromatic N) is 1. The van der Waals surface area contributed by atoms with Gasteiger partial charge in [0, 0.05) is 12.2 Å². The molecule has 0 radical (unpaired) electrons. The second-order valence-electron chi connectivity index (χ2n) is 2.56. The van der Waals surface area contributed by atoms with E-state index in [4.69, 9.17) is 4.74 Å². The maximum absolute atomic E-state index is 5.13. The van der Waals surface area contributed by atoms with Gasteiger partial charge in [-0.25, -0.2) is 0 Å². The molecule has 0 aromatic carbocycles. The summed E-state index contributed by atoms with van der Waals surface area (Å²) in [4.78, 5) is 4.13. The van der Waals surface area contributed by atoms with Gasteiger partial charge in [0.25, 0.3) is 0 Å². The fourth-order valence-corrected chi connectivity index (χ4v) is 1.04. The average molecular weight is 166 g/mol. The van der Waals surface area contributed by atoms with Gasteiger partial charge in [0.05, 0.1) is 19.0 Å². The standard InChI is InChI=1S/C9H14N2O/c1-4-10-8-5-7(2)11-6-9(8)12-3/h5-6H,4H2,1-3H3,(H,10,11). The summed E-state index contributed by atoms with van der Waals surface area (Å²) in [5, 5.41) is 3.20. The molecule has 0 aliphatic carbocycles. The highest BCUT2D eigenvalue weighted by atomic mass is 16.5. The molecular weight excluding hydrogens is 152 g/mol. The third-order valence-corrected chi connectivity index (χ3v) is 1.59. The molecule has 1 N–H and O–H groups in total. The lowest BCUT2D eigenvalue weighted by Gasteiger charge is -2.08. The van der Waals surface area contributed by atoms with E-state index in [1.54, 1.807) is 13.3 Å². The molecule has 0 saturated carbocycles. The molecule has 1 rings (SSSR count). The molecule has 1 aromatic rings. The largest absolute Gasteiger partial charge is 0.493 e. The minimum Gasteiger partial charge on any atom is -0.493 e. The molecule has 0 amide bonds. The van der Waals surface area contributed by atoms with E-state index in [-0.39, 0.29) is 0 Å². The minimum absolute atomic E-state index is 0.794. The van der Waals surface area contributed by atoms with Crippen molar-refractivity contribution in [2.24, 2.45) is 0 Å². The number of hydrogen-bond donors (Lipinski definition) is 1. The van der Waals surface area contributed by atoms with Crippen LogP contribution in [0.15, 0.2) is 12.3 Å². The predicted molar refractivity (Wildman–Crippen MR) is 49.7 cm³/mol. The van der Waals surface area contributed by atoms with Crippen molar-refractivity contribution in [3.8, 4) is 5.75 Å². The first-order valence-corrected chi connectivity index (χ1v) is 4.02. The van der Waals surface area contributed by atoms with Gasteiger partial charge in [0.15, 0.2) is 5.75 Å². The number of ether oxygens (including phenoxy) is 1. The zero-order valence-corrected chi connectivity index (χ0v) is 7.72. The summed E-state index contributed by atoms with van der Waals surface area (Å²) in [5.41, 5.74) is 2.00. The van der Waals surface area contributed by atoms with Crippen LogP contribution in [-0.4, -0.2) is 18.6 Å². The van der Waals surface area contributed by atoms with E-state index in [2.05, 4.69) is 17.2 Å². The molecule has 0 aliphatic heterocycles. The van der Waals surface area contributed by atoms with Crippen molar-refractivity contribution in [1.82, 2.24) is 4.98 Å². The van der Waals surface area contributed by atoms with Crippen LogP contribution in [0.1, 0.15) is 12.6 Å². The number of aromatic nitrogens is 1. The van der Waals surface area contributed by atoms with Crippen LogP contribution in [0.2, 0.25) is 0 Å². The van der Waals surface area contributed by atoms with Gasteiger partial charge in [-0.2, -0.15) is 0 Å². The molecule has 0 unspecified atom stereocenters. The van der Waals surface area contributed by atoms with E-state index < -0.39 is 0 Å². The number of hydrogen-bond acceptors (Lipinski definition) is 3. The van der Waals surface area contributed by atoms with Crippen LogP contribution in [0.4, 0.5) is 5.69 Å². The van der Waals surface area contributed by atoms with E-state index in [0.29, 0.717) is 0 Å². The maximum Gasteiger partial charge on any atom is 0.160 e. The highest BCUT2D eigenvalue weighted by Gasteiger charge is 2.01. The van der Waals surface area contributed by atoms with E-state index in [1.165, 1.54) is 0 Å². The van der Waals surface area contributed by atoms with E-state index in [9.17, 15) is 0 Å². The lowest BCUT2D eigenvalue weighted by atomic mass is 10.3. The molecule has 0 aliphatic rings. The smallest absolute Gasteiger partial charge is 0.160 e. The van der Waals surface area contributed by atoms with Crippen molar-refractivity contribution >= 4 is 5.69 Å². The van der Waals surface area contributed by atoms with Crippen molar-refractivity contribution in [3.05, 3.63) is 18.0 Å². The molecule has 66 valence electrons. The van der Waals surface area contributed by atoms with Gasteiger partial charge in [0.2, 0.25) is 0 Å². The van der Waals surface area contributed by atoms with Crippen molar-refractivity contribution in [1.29, 1.82) is 0 Å². The lowest BCUT2D eigenvalue weighted by Crippen LogP contribution is -2.00. The first-order chi connectivity index (χ1) is 5.77. The number of pyridine rings is 1. The maximum atomic E-state index is 5.13. The predicted octanol–water partition coefficient (Wildman–Crippen LogP) is 1.83. The summed E-state index contributed by atoms with van der Waals surface area (Å²) in [6, 6.07) is 1.97. The number of aryl methyl sites for hydroxylation is 1. The van der Waals surface area contributed by atoms with Crippen LogP contribution >= 0.6 is 0 Å². The molecule has 12 heavy (non-hydrogen) atoms. The summed E-state index contributed by atoms with van der Waals surface area (Å²) >= 11 is 0. The normalized spacial score (nSPS) is 9.58. The fourth-order valence-electron chi connectivity index (χ4n) is 1.04. The molecule has 3 heteroatoms. The summed E-state index contributed by atoms with van der Waals surface area (Å²) in [6.45, 7) is 4.90. The van der Waals surface area contributed by atoms with Gasteiger partial charge in [-0.3, -0.25) is 4.98 Å². The minimum atomic E-state index is 0.794. The average Bonchev–Trinajstić information content (AvgIpc) is 2.05. The molecule has 0 saturated heterocycles. The Morgan fingerprint density at radius 3 is 2.92 bits per heavy atom. The summed E-state index contributed by atoms with van der Waals surface area (Å²) in [5.74, 6) is 0.794. The zero-order chi connectivity index (χ0) is 8.97. The highest BCUT2D eigenvalue weighted by Crippen LogP contribution is 2.22. The number of anilines is 1. The van der Waals surface area contributed by atoms with Crippen LogP contribution in [0, 0.1) is 6.92 Å². The Morgan fingerprint density at radius 1 is 1.58 bits per heavy atom. The van der Waals surface area contributed by atoms with Gasteiger partial charge in [-0.05, 0) is 19.9 Å². The number of nitrogens with one attached hydrogen (secondary N) is 1. The van der Waals surface area contributed by atoms with Gasteiger partial charge in [0.1, 0.15) is 0 Å². The molecule has 0 spiro atoms. The molecule has 0 fully saturated rings. The second-order valence-corrected chi connectivity index (χ2v) is 2.56. The Morgan fingerprint density at radius 2 is 2.33 bits per heavy atom. The molecule has 0 atom stereocenters. The second kappa shape index (κ2) is 3.95. The van der Waals surface area contributed by atoms with Crippen molar-refractivity contribution in [3.63, 3.8) is 0 Å². The van der Waals surface area contributed by atoms with Gasteiger partial charge >= 0.3 is 0 Å². The Hall–Kier alpha value is -1.25.